The van der Waals surface area contributed by atoms with Crippen molar-refractivity contribution in [2.45, 2.75) is 13.2 Å². The first-order chi connectivity index (χ1) is 8.33. The Morgan fingerprint density at radius 3 is 2.65 bits per heavy atom. The number of hydrogen-bond acceptors (Lipinski definition) is 4. The summed E-state index contributed by atoms with van der Waals surface area (Å²) in [6.07, 6.45) is 0.815. The number of rotatable bonds is 5. The molecule has 1 aromatic heterocycles. The van der Waals surface area contributed by atoms with Gasteiger partial charge in [-0.1, -0.05) is 0 Å². The van der Waals surface area contributed by atoms with Crippen LogP contribution < -0.4 is 10.5 Å². The van der Waals surface area contributed by atoms with Gasteiger partial charge in [-0.15, -0.1) is 11.3 Å². The number of ether oxygens (including phenoxy) is 1. The molecular formula is C13H13NO2S. The maximum atomic E-state index is 10.5. The molecule has 3 nitrogen and oxygen atoms in total. The summed E-state index contributed by atoms with van der Waals surface area (Å²) < 4.78 is 5.63. The smallest absolute Gasteiger partial charge is 0.150 e. The second-order valence-corrected chi connectivity index (χ2v) is 4.55. The molecule has 2 rings (SSSR count). The molecule has 1 aromatic carbocycles. The molecule has 0 unspecified atom stereocenters. The molecule has 0 aliphatic heterocycles. The molecule has 17 heavy (non-hydrogen) atoms. The van der Waals surface area contributed by atoms with Gasteiger partial charge in [-0.3, -0.25) is 4.79 Å². The zero-order valence-corrected chi connectivity index (χ0v) is 10.1. The van der Waals surface area contributed by atoms with Crippen molar-refractivity contribution in [3.63, 3.8) is 0 Å². The van der Waals surface area contributed by atoms with Crippen LogP contribution in [-0.2, 0) is 13.2 Å². The van der Waals surface area contributed by atoms with Crippen molar-refractivity contribution in [2.24, 2.45) is 5.73 Å². The quantitative estimate of drug-likeness (QED) is 0.826. The molecule has 2 aromatic rings. The van der Waals surface area contributed by atoms with Gasteiger partial charge in [0.2, 0.25) is 0 Å². The van der Waals surface area contributed by atoms with E-state index in [2.05, 4.69) is 0 Å². The summed E-state index contributed by atoms with van der Waals surface area (Å²) in [7, 11) is 0. The Balaban J connectivity index is 1.99. The second kappa shape index (κ2) is 5.61. The molecule has 0 spiro atoms. The van der Waals surface area contributed by atoms with Gasteiger partial charge in [0.05, 0.1) is 0 Å². The van der Waals surface area contributed by atoms with E-state index in [1.54, 1.807) is 35.6 Å². The van der Waals surface area contributed by atoms with Gasteiger partial charge in [0, 0.05) is 22.5 Å². The average molecular weight is 247 g/mol. The highest BCUT2D eigenvalue weighted by Crippen LogP contribution is 2.19. The number of carbonyl (C=O) groups excluding carboxylic acids is 1. The predicted octanol–water partition coefficient (Wildman–Crippen LogP) is 2.60. The zero-order chi connectivity index (χ0) is 12.1. The molecule has 2 N–H and O–H groups in total. The van der Waals surface area contributed by atoms with Crippen molar-refractivity contribution in [3.8, 4) is 5.75 Å². The van der Waals surface area contributed by atoms with E-state index >= 15 is 0 Å². The highest BCUT2D eigenvalue weighted by atomic mass is 32.1. The van der Waals surface area contributed by atoms with E-state index in [0.29, 0.717) is 18.7 Å². The summed E-state index contributed by atoms with van der Waals surface area (Å²) in [5.41, 5.74) is 7.39. The van der Waals surface area contributed by atoms with E-state index in [4.69, 9.17) is 10.5 Å². The van der Waals surface area contributed by atoms with E-state index in [-0.39, 0.29) is 0 Å². The van der Waals surface area contributed by atoms with E-state index < -0.39 is 0 Å². The minimum Gasteiger partial charge on any atom is -0.489 e. The van der Waals surface area contributed by atoms with E-state index in [1.807, 2.05) is 11.4 Å². The zero-order valence-electron chi connectivity index (χ0n) is 9.26. The Hall–Kier alpha value is -1.65. The molecule has 88 valence electrons. The Morgan fingerprint density at radius 2 is 2.00 bits per heavy atom. The van der Waals surface area contributed by atoms with Crippen LogP contribution in [0.4, 0.5) is 0 Å². The lowest BCUT2D eigenvalue weighted by molar-refractivity contribution is 0.112. The van der Waals surface area contributed by atoms with Crippen LogP contribution in [0.25, 0.3) is 0 Å². The maximum Gasteiger partial charge on any atom is 0.150 e. The van der Waals surface area contributed by atoms with Crippen LogP contribution in [-0.4, -0.2) is 6.29 Å². The molecule has 1 heterocycles. The third kappa shape index (κ3) is 2.93. The fourth-order valence-electron chi connectivity index (χ4n) is 1.48. The molecular weight excluding hydrogens is 234 g/mol. The normalized spacial score (nSPS) is 10.2. The summed E-state index contributed by atoms with van der Waals surface area (Å²) in [6.45, 7) is 1.05. The third-order valence-electron chi connectivity index (χ3n) is 2.43. The predicted molar refractivity (Wildman–Crippen MR) is 68.4 cm³/mol. The molecule has 0 amide bonds. The van der Waals surface area contributed by atoms with Crippen molar-refractivity contribution >= 4 is 17.6 Å². The van der Waals surface area contributed by atoms with Gasteiger partial charge in [0.1, 0.15) is 18.6 Å². The fourth-order valence-corrected chi connectivity index (χ4v) is 2.25. The number of hydrogen-bond donors (Lipinski definition) is 1. The lowest BCUT2D eigenvalue weighted by atomic mass is 10.2. The monoisotopic (exact) mass is 247 g/mol. The molecule has 0 radical (unpaired) electrons. The molecule has 0 bridgehead atoms. The topological polar surface area (TPSA) is 52.3 Å². The number of nitrogens with two attached hydrogens (primary N) is 1. The SMILES string of the molecule is NCc1sccc1COc1ccc(C=O)cc1. The van der Waals surface area contributed by atoms with Gasteiger partial charge in [0.25, 0.3) is 0 Å². The lowest BCUT2D eigenvalue weighted by Gasteiger charge is -2.06. The number of aldehydes is 1. The summed E-state index contributed by atoms with van der Waals surface area (Å²) in [5, 5.41) is 2.01. The Labute approximate surface area is 104 Å². The molecule has 0 saturated carbocycles. The molecule has 0 aliphatic rings. The van der Waals surface area contributed by atoms with Gasteiger partial charge >= 0.3 is 0 Å². The third-order valence-corrected chi connectivity index (χ3v) is 3.42. The molecule has 0 saturated heterocycles. The van der Waals surface area contributed by atoms with E-state index in [1.165, 1.54) is 0 Å². The number of carbonyl (C=O) groups is 1. The molecule has 4 heteroatoms. The lowest BCUT2D eigenvalue weighted by Crippen LogP contribution is -2.01. The maximum absolute atomic E-state index is 10.5. The van der Waals surface area contributed by atoms with Crippen LogP contribution in [0, 0.1) is 0 Å². The van der Waals surface area contributed by atoms with E-state index in [0.717, 1.165) is 22.5 Å². The summed E-state index contributed by atoms with van der Waals surface area (Å²) in [4.78, 5) is 11.6. The van der Waals surface area contributed by atoms with Gasteiger partial charge in [0.15, 0.2) is 0 Å². The minimum absolute atomic E-state index is 0.510. The molecule has 0 fully saturated rings. The Bertz CT molecular complexity index is 490. The minimum atomic E-state index is 0.510. The molecule has 0 aliphatic carbocycles. The van der Waals surface area contributed by atoms with Crippen molar-refractivity contribution in [2.75, 3.05) is 0 Å². The summed E-state index contributed by atoms with van der Waals surface area (Å²) in [6, 6.07) is 9.07. The number of benzene rings is 1. The Morgan fingerprint density at radius 1 is 1.24 bits per heavy atom. The van der Waals surface area contributed by atoms with Gasteiger partial charge in [-0.2, -0.15) is 0 Å². The van der Waals surface area contributed by atoms with Crippen molar-refractivity contribution in [3.05, 3.63) is 51.7 Å². The van der Waals surface area contributed by atoms with Crippen molar-refractivity contribution in [1.82, 2.24) is 0 Å². The van der Waals surface area contributed by atoms with Crippen LogP contribution >= 0.6 is 11.3 Å². The average Bonchev–Trinajstić information content (AvgIpc) is 2.84. The first kappa shape index (κ1) is 11.8. The second-order valence-electron chi connectivity index (χ2n) is 3.55. The van der Waals surface area contributed by atoms with Gasteiger partial charge < -0.3 is 10.5 Å². The van der Waals surface area contributed by atoms with Crippen molar-refractivity contribution in [1.29, 1.82) is 0 Å². The van der Waals surface area contributed by atoms with Crippen LogP contribution in [0.3, 0.4) is 0 Å². The summed E-state index contributed by atoms with van der Waals surface area (Å²) >= 11 is 1.64. The highest BCUT2D eigenvalue weighted by molar-refractivity contribution is 7.10. The highest BCUT2D eigenvalue weighted by Gasteiger charge is 2.03. The van der Waals surface area contributed by atoms with Crippen LogP contribution in [0.15, 0.2) is 35.7 Å². The van der Waals surface area contributed by atoms with Gasteiger partial charge in [-0.25, -0.2) is 0 Å². The first-order valence-corrected chi connectivity index (χ1v) is 6.15. The van der Waals surface area contributed by atoms with Crippen LogP contribution in [0.5, 0.6) is 5.75 Å². The largest absolute Gasteiger partial charge is 0.489 e. The van der Waals surface area contributed by atoms with Crippen molar-refractivity contribution < 1.29 is 9.53 Å². The van der Waals surface area contributed by atoms with E-state index in [9.17, 15) is 4.79 Å². The van der Waals surface area contributed by atoms with Crippen LogP contribution in [0.2, 0.25) is 0 Å². The number of thiophene rings is 1. The Kier molecular flexibility index (Phi) is 3.90. The van der Waals surface area contributed by atoms with Crippen LogP contribution in [0.1, 0.15) is 20.8 Å². The molecule has 0 atom stereocenters. The first-order valence-electron chi connectivity index (χ1n) is 5.27. The standard InChI is InChI=1S/C13H13NO2S/c14-7-13-11(5-6-17-13)9-16-12-3-1-10(8-15)2-4-12/h1-6,8H,7,9,14H2. The summed E-state index contributed by atoms with van der Waals surface area (Å²) in [5.74, 6) is 0.754. The fraction of sp³-hybridized carbons (Fsp3) is 0.154. The van der Waals surface area contributed by atoms with Gasteiger partial charge in [-0.05, 0) is 35.7 Å².